The highest BCUT2D eigenvalue weighted by atomic mass is 16.6. The number of carbonyl (C=O) groups is 1. The standard InChI is InChI=1S/C12H18N2O2/c1-8(2)16-12(15)14-11-6-4-5-10(7-11)9(3)13/h4-9H,13H2,1-3H3,(H,14,15). The number of ether oxygens (including phenoxy) is 1. The van der Waals surface area contributed by atoms with Crippen molar-refractivity contribution in [1.29, 1.82) is 0 Å². The Hall–Kier alpha value is -1.55. The maximum atomic E-state index is 11.3. The van der Waals surface area contributed by atoms with E-state index in [9.17, 15) is 4.79 Å². The van der Waals surface area contributed by atoms with E-state index >= 15 is 0 Å². The van der Waals surface area contributed by atoms with Crippen molar-refractivity contribution in [3.63, 3.8) is 0 Å². The molecule has 0 fully saturated rings. The monoisotopic (exact) mass is 222 g/mol. The minimum Gasteiger partial charge on any atom is -0.447 e. The average Bonchev–Trinajstić information content (AvgIpc) is 2.16. The molecule has 0 saturated carbocycles. The Balaban J connectivity index is 2.67. The molecule has 0 radical (unpaired) electrons. The van der Waals surface area contributed by atoms with Gasteiger partial charge < -0.3 is 10.5 Å². The molecule has 1 rings (SSSR count). The molecule has 88 valence electrons. The fourth-order valence-electron chi connectivity index (χ4n) is 1.26. The highest BCUT2D eigenvalue weighted by molar-refractivity contribution is 5.84. The molecule has 1 aromatic carbocycles. The fourth-order valence-corrected chi connectivity index (χ4v) is 1.26. The van der Waals surface area contributed by atoms with Gasteiger partial charge in [-0.2, -0.15) is 0 Å². The Morgan fingerprint density at radius 2 is 2.06 bits per heavy atom. The topological polar surface area (TPSA) is 64.3 Å². The second-order valence-corrected chi connectivity index (χ2v) is 3.99. The van der Waals surface area contributed by atoms with Crippen LogP contribution in [0.15, 0.2) is 24.3 Å². The van der Waals surface area contributed by atoms with Crippen LogP contribution in [0.5, 0.6) is 0 Å². The molecule has 1 amide bonds. The van der Waals surface area contributed by atoms with Crippen LogP contribution in [0.25, 0.3) is 0 Å². The van der Waals surface area contributed by atoms with E-state index in [4.69, 9.17) is 10.5 Å². The maximum absolute atomic E-state index is 11.3. The Labute approximate surface area is 95.8 Å². The smallest absolute Gasteiger partial charge is 0.411 e. The predicted molar refractivity (Wildman–Crippen MR) is 64.3 cm³/mol. The first kappa shape index (κ1) is 12.5. The van der Waals surface area contributed by atoms with E-state index in [2.05, 4.69) is 5.32 Å². The molecule has 3 N–H and O–H groups in total. The fraction of sp³-hybridized carbons (Fsp3) is 0.417. The van der Waals surface area contributed by atoms with Gasteiger partial charge in [0.2, 0.25) is 0 Å². The Morgan fingerprint density at radius 1 is 1.38 bits per heavy atom. The summed E-state index contributed by atoms with van der Waals surface area (Å²) < 4.78 is 4.97. The molecule has 0 aliphatic heterocycles. The van der Waals surface area contributed by atoms with Gasteiger partial charge in [-0.3, -0.25) is 5.32 Å². The molecule has 0 saturated heterocycles. The largest absolute Gasteiger partial charge is 0.447 e. The Kier molecular flexibility index (Phi) is 4.31. The minimum atomic E-state index is -0.447. The molecule has 1 atom stereocenters. The van der Waals surface area contributed by atoms with Crippen molar-refractivity contribution in [3.8, 4) is 0 Å². The third kappa shape index (κ3) is 3.90. The maximum Gasteiger partial charge on any atom is 0.411 e. The molecular weight excluding hydrogens is 204 g/mol. The normalized spacial score (nSPS) is 12.3. The molecule has 4 nitrogen and oxygen atoms in total. The highest BCUT2D eigenvalue weighted by Gasteiger charge is 2.06. The van der Waals surface area contributed by atoms with Crippen molar-refractivity contribution in [3.05, 3.63) is 29.8 Å². The highest BCUT2D eigenvalue weighted by Crippen LogP contribution is 2.15. The number of amides is 1. The van der Waals surface area contributed by atoms with Crippen molar-refractivity contribution in [1.82, 2.24) is 0 Å². The number of nitrogens with one attached hydrogen (secondary N) is 1. The van der Waals surface area contributed by atoms with E-state index in [-0.39, 0.29) is 12.1 Å². The molecule has 0 aliphatic rings. The third-order valence-corrected chi connectivity index (χ3v) is 2.00. The Bertz CT molecular complexity index is 362. The van der Waals surface area contributed by atoms with Gasteiger partial charge in [0.15, 0.2) is 0 Å². The summed E-state index contributed by atoms with van der Waals surface area (Å²) in [6, 6.07) is 7.36. The van der Waals surface area contributed by atoms with Crippen molar-refractivity contribution in [2.75, 3.05) is 5.32 Å². The summed E-state index contributed by atoms with van der Waals surface area (Å²) in [5.74, 6) is 0. The van der Waals surface area contributed by atoms with Crippen LogP contribution in [0.2, 0.25) is 0 Å². The zero-order valence-electron chi connectivity index (χ0n) is 9.86. The van der Waals surface area contributed by atoms with Gasteiger partial charge in [0.05, 0.1) is 6.10 Å². The second-order valence-electron chi connectivity index (χ2n) is 3.99. The van der Waals surface area contributed by atoms with Crippen LogP contribution in [-0.2, 0) is 4.74 Å². The van der Waals surface area contributed by atoms with Crippen molar-refractivity contribution < 1.29 is 9.53 Å². The summed E-state index contributed by atoms with van der Waals surface area (Å²) in [4.78, 5) is 11.3. The van der Waals surface area contributed by atoms with Gasteiger partial charge >= 0.3 is 6.09 Å². The number of anilines is 1. The number of hydrogen-bond acceptors (Lipinski definition) is 3. The van der Waals surface area contributed by atoms with Crippen molar-refractivity contribution in [2.24, 2.45) is 5.73 Å². The van der Waals surface area contributed by atoms with Crippen LogP contribution >= 0.6 is 0 Å². The minimum absolute atomic E-state index is 0.0529. The number of carbonyl (C=O) groups excluding carboxylic acids is 1. The molecule has 0 heterocycles. The lowest BCUT2D eigenvalue weighted by Crippen LogP contribution is -2.18. The van der Waals surface area contributed by atoms with Crippen LogP contribution in [0.1, 0.15) is 32.4 Å². The lowest BCUT2D eigenvalue weighted by molar-refractivity contribution is 0.130. The summed E-state index contributed by atoms with van der Waals surface area (Å²) >= 11 is 0. The van der Waals surface area contributed by atoms with E-state index in [1.54, 1.807) is 19.9 Å². The number of hydrogen-bond donors (Lipinski definition) is 2. The first-order valence-electron chi connectivity index (χ1n) is 5.32. The number of benzene rings is 1. The molecule has 0 spiro atoms. The number of rotatable bonds is 3. The van der Waals surface area contributed by atoms with E-state index in [1.807, 2.05) is 25.1 Å². The summed E-state index contributed by atoms with van der Waals surface area (Å²) in [7, 11) is 0. The van der Waals surface area contributed by atoms with Crippen molar-refractivity contribution in [2.45, 2.75) is 32.9 Å². The molecule has 16 heavy (non-hydrogen) atoms. The van der Waals surface area contributed by atoms with E-state index in [0.29, 0.717) is 5.69 Å². The lowest BCUT2D eigenvalue weighted by atomic mass is 10.1. The lowest BCUT2D eigenvalue weighted by Gasteiger charge is -2.11. The SMILES string of the molecule is CC(C)OC(=O)Nc1cccc(C(C)N)c1. The first-order valence-corrected chi connectivity index (χ1v) is 5.32. The van der Waals surface area contributed by atoms with Gasteiger partial charge in [0.25, 0.3) is 0 Å². The van der Waals surface area contributed by atoms with Gasteiger partial charge in [0.1, 0.15) is 0 Å². The van der Waals surface area contributed by atoms with Crippen molar-refractivity contribution >= 4 is 11.8 Å². The van der Waals surface area contributed by atoms with Crippen LogP contribution in [0.4, 0.5) is 10.5 Å². The number of nitrogens with two attached hydrogens (primary N) is 1. The molecule has 0 aliphatic carbocycles. The molecular formula is C12H18N2O2. The molecule has 0 bridgehead atoms. The van der Waals surface area contributed by atoms with Gasteiger partial charge in [-0.15, -0.1) is 0 Å². The first-order chi connectivity index (χ1) is 7.49. The van der Waals surface area contributed by atoms with Gasteiger partial charge in [-0.05, 0) is 38.5 Å². The van der Waals surface area contributed by atoms with Crippen LogP contribution < -0.4 is 11.1 Å². The molecule has 0 aromatic heterocycles. The Morgan fingerprint density at radius 3 is 2.62 bits per heavy atom. The van der Waals surface area contributed by atoms with Crippen LogP contribution in [0, 0.1) is 0 Å². The van der Waals surface area contributed by atoms with Crippen LogP contribution in [0.3, 0.4) is 0 Å². The molecule has 4 heteroatoms. The average molecular weight is 222 g/mol. The predicted octanol–water partition coefficient (Wildman–Crippen LogP) is 2.66. The summed E-state index contributed by atoms with van der Waals surface area (Å²) in [5.41, 5.74) is 7.42. The zero-order valence-corrected chi connectivity index (χ0v) is 9.86. The second kappa shape index (κ2) is 5.51. The summed E-state index contributed by atoms with van der Waals surface area (Å²) in [5, 5.41) is 2.65. The molecule has 1 unspecified atom stereocenters. The van der Waals surface area contributed by atoms with Gasteiger partial charge in [0, 0.05) is 11.7 Å². The van der Waals surface area contributed by atoms with Gasteiger partial charge in [-0.1, -0.05) is 12.1 Å². The van der Waals surface area contributed by atoms with E-state index in [1.165, 1.54) is 0 Å². The zero-order chi connectivity index (χ0) is 12.1. The van der Waals surface area contributed by atoms with Crippen LogP contribution in [-0.4, -0.2) is 12.2 Å². The molecule has 1 aromatic rings. The quantitative estimate of drug-likeness (QED) is 0.826. The summed E-state index contributed by atoms with van der Waals surface area (Å²) in [6.45, 7) is 5.50. The van der Waals surface area contributed by atoms with E-state index < -0.39 is 6.09 Å². The summed E-state index contributed by atoms with van der Waals surface area (Å²) in [6.07, 6.45) is -0.576. The van der Waals surface area contributed by atoms with Gasteiger partial charge in [-0.25, -0.2) is 4.79 Å². The van der Waals surface area contributed by atoms with E-state index in [0.717, 1.165) is 5.56 Å². The third-order valence-electron chi connectivity index (χ3n) is 2.00.